The topological polar surface area (TPSA) is 43.1 Å². The molecule has 1 aromatic rings. The van der Waals surface area contributed by atoms with E-state index < -0.39 is 34.9 Å². The minimum atomic E-state index is -0.840. The van der Waals surface area contributed by atoms with Crippen LogP contribution in [0.5, 0.6) is 0 Å². The monoisotopic (exact) mass is 213 g/mol. The Bertz CT molecular complexity index is 357. The van der Waals surface area contributed by atoms with E-state index in [1.54, 1.807) is 13.8 Å². The fourth-order valence-corrected chi connectivity index (χ4v) is 1.20. The Labute approximate surface area is 87.1 Å². The number of ketones is 1. The number of hydrogen-bond acceptors (Lipinski definition) is 2. The van der Waals surface area contributed by atoms with Gasteiger partial charge >= 0.3 is 0 Å². The van der Waals surface area contributed by atoms with Gasteiger partial charge < -0.3 is 5.73 Å². The molecule has 1 rings (SSSR count). The zero-order valence-electron chi connectivity index (χ0n) is 8.63. The van der Waals surface area contributed by atoms with Crippen LogP contribution >= 0.6 is 0 Å². The van der Waals surface area contributed by atoms with Crippen LogP contribution in [-0.4, -0.2) is 11.8 Å². The van der Waals surface area contributed by atoms with Gasteiger partial charge in [0.15, 0.2) is 5.78 Å². The van der Waals surface area contributed by atoms with Crippen LogP contribution in [0.3, 0.4) is 0 Å². The lowest BCUT2D eigenvalue weighted by Gasteiger charge is -2.14. The first-order valence-electron chi connectivity index (χ1n) is 4.69. The van der Waals surface area contributed by atoms with E-state index in [1.807, 2.05) is 0 Å². The highest BCUT2D eigenvalue weighted by atomic mass is 19.1. The lowest BCUT2D eigenvalue weighted by Crippen LogP contribution is -2.31. The molecule has 82 valence electrons. The van der Waals surface area contributed by atoms with Gasteiger partial charge in [0.25, 0.3) is 0 Å². The number of hydrogen-bond donors (Lipinski definition) is 1. The first-order valence-corrected chi connectivity index (χ1v) is 4.69. The Morgan fingerprint density at radius 2 is 1.73 bits per heavy atom. The summed E-state index contributed by atoms with van der Waals surface area (Å²) in [7, 11) is 0. The second kappa shape index (κ2) is 4.49. The molecule has 2 atom stereocenters. The van der Waals surface area contributed by atoms with Crippen LogP contribution in [0.2, 0.25) is 0 Å². The van der Waals surface area contributed by atoms with E-state index in [2.05, 4.69) is 0 Å². The summed E-state index contributed by atoms with van der Waals surface area (Å²) in [5, 5.41) is 0. The molecule has 0 aromatic heterocycles. The second-order valence-electron chi connectivity index (χ2n) is 3.61. The van der Waals surface area contributed by atoms with Crippen molar-refractivity contribution >= 4 is 5.78 Å². The predicted octanol–water partition coefficient (Wildman–Crippen LogP) is 2.13. The van der Waals surface area contributed by atoms with Gasteiger partial charge in [-0.25, -0.2) is 8.78 Å². The van der Waals surface area contributed by atoms with E-state index in [-0.39, 0.29) is 0 Å². The van der Waals surface area contributed by atoms with Gasteiger partial charge in [0, 0.05) is 12.0 Å². The van der Waals surface area contributed by atoms with Crippen molar-refractivity contribution in [3.05, 3.63) is 35.4 Å². The van der Waals surface area contributed by atoms with Crippen molar-refractivity contribution in [3.63, 3.8) is 0 Å². The summed E-state index contributed by atoms with van der Waals surface area (Å²) >= 11 is 0. The van der Waals surface area contributed by atoms with Crippen molar-refractivity contribution in [2.24, 2.45) is 11.7 Å². The summed E-state index contributed by atoms with van der Waals surface area (Å²) < 4.78 is 26.4. The maximum Gasteiger partial charge on any atom is 0.173 e. The van der Waals surface area contributed by atoms with Crippen molar-refractivity contribution < 1.29 is 13.6 Å². The lowest BCUT2D eigenvalue weighted by molar-refractivity contribution is 0.0908. The molecule has 0 aliphatic heterocycles. The Morgan fingerprint density at radius 1 is 1.27 bits per heavy atom. The molecule has 1 aromatic carbocycles. The van der Waals surface area contributed by atoms with Crippen LogP contribution in [0.25, 0.3) is 0 Å². The van der Waals surface area contributed by atoms with Gasteiger partial charge in [-0.2, -0.15) is 0 Å². The summed E-state index contributed by atoms with van der Waals surface area (Å²) in [5.74, 6) is -2.88. The third-order valence-corrected chi connectivity index (χ3v) is 2.41. The maximum atomic E-state index is 13.2. The molecule has 0 heterocycles. The Morgan fingerprint density at radius 3 is 2.13 bits per heavy atom. The molecular formula is C11H13F2NO. The molecular weight excluding hydrogens is 200 g/mol. The highest BCUT2D eigenvalue weighted by Crippen LogP contribution is 2.17. The Kier molecular flexibility index (Phi) is 3.52. The summed E-state index contributed by atoms with van der Waals surface area (Å²) in [4.78, 5) is 11.7. The molecule has 2 N–H and O–H groups in total. The van der Waals surface area contributed by atoms with Crippen molar-refractivity contribution in [2.45, 2.75) is 19.9 Å². The largest absolute Gasteiger partial charge is 0.327 e. The van der Waals surface area contributed by atoms with Gasteiger partial charge in [-0.15, -0.1) is 0 Å². The number of nitrogens with two attached hydrogens (primary N) is 1. The van der Waals surface area contributed by atoms with E-state index >= 15 is 0 Å². The molecule has 2 nitrogen and oxygen atoms in total. The maximum absolute atomic E-state index is 13.2. The molecule has 0 bridgehead atoms. The molecule has 0 aliphatic rings. The molecule has 0 saturated heterocycles. The van der Waals surface area contributed by atoms with Crippen LogP contribution in [-0.2, 0) is 0 Å². The van der Waals surface area contributed by atoms with E-state index in [1.165, 1.54) is 6.07 Å². The van der Waals surface area contributed by atoms with Crippen molar-refractivity contribution in [3.8, 4) is 0 Å². The Balaban J connectivity index is 3.11. The first-order chi connectivity index (χ1) is 6.95. The molecule has 2 unspecified atom stereocenters. The van der Waals surface area contributed by atoms with Crippen LogP contribution in [0.15, 0.2) is 18.2 Å². The van der Waals surface area contributed by atoms with Crippen LogP contribution in [0.4, 0.5) is 8.78 Å². The third kappa shape index (κ3) is 2.39. The normalized spacial score (nSPS) is 14.7. The second-order valence-corrected chi connectivity index (χ2v) is 3.61. The van der Waals surface area contributed by atoms with E-state index in [0.29, 0.717) is 0 Å². The molecule has 4 heteroatoms. The van der Waals surface area contributed by atoms with Gasteiger partial charge in [-0.05, 0) is 19.1 Å². The van der Waals surface area contributed by atoms with Crippen molar-refractivity contribution in [1.82, 2.24) is 0 Å². The molecule has 0 fully saturated rings. The highest BCUT2D eigenvalue weighted by Gasteiger charge is 2.24. The molecule has 0 spiro atoms. The molecule has 15 heavy (non-hydrogen) atoms. The summed E-state index contributed by atoms with van der Waals surface area (Å²) in [6.07, 6.45) is 0. The summed E-state index contributed by atoms with van der Waals surface area (Å²) in [5.41, 5.74) is 5.01. The number of carbonyl (C=O) groups excluding carboxylic acids is 1. The van der Waals surface area contributed by atoms with Crippen LogP contribution in [0, 0.1) is 17.6 Å². The predicted molar refractivity (Wildman–Crippen MR) is 53.5 cm³/mol. The average molecular weight is 213 g/mol. The number of benzene rings is 1. The van der Waals surface area contributed by atoms with Gasteiger partial charge in [0.1, 0.15) is 11.6 Å². The summed E-state index contributed by atoms with van der Waals surface area (Å²) in [6, 6.07) is 2.91. The smallest absolute Gasteiger partial charge is 0.173 e. The van der Waals surface area contributed by atoms with Gasteiger partial charge in [0.2, 0.25) is 0 Å². The molecule has 0 aliphatic carbocycles. The zero-order chi connectivity index (χ0) is 11.6. The fourth-order valence-electron chi connectivity index (χ4n) is 1.20. The fraction of sp³-hybridized carbons (Fsp3) is 0.364. The first kappa shape index (κ1) is 11.8. The SMILES string of the molecule is CC(N)C(C)C(=O)c1c(F)cccc1F. The highest BCUT2D eigenvalue weighted by molar-refractivity contribution is 5.98. The average Bonchev–Trinajstić information content (AvgIpc) is 2.15. The number of Topliss-reactive ketones (excluding diaryl/α,β-unsaturated/α-hetero) is 1. The number of rotatable bonds is 3. The zero-order valence-corrected chi connectivity index (χ0v) is 8.63. The van der Waals surface area contributed by atoms with E-state index in [4.69, 9.17) is 5.73 Å². The lowest BCUT2D eigenvalue weighted by atomic mass is 9.93. The van der Waals surface area contributed by atoms with Crippen LogP contribution < -0.4 is 5.73 Å². The summed E-state index contributed by atoms with van der Waals surface area (Å²) in [6.45, 7) is 3.18. The van der Waals surface area contributed by atoms with E-state index in [0.717, 1.165) is 12.1 Å². The van der Waals surface area contributed by atoms with E-state index in [9.17, 15) is 13.6 Å². The third-order valence-electron chi connectivity index (χ3n) is 2.41. The van der Waals surface area contributed by atoms with Gasteiger partial charge in [-0.3, -0.25) is 4.79 Å². The molecule has 0 amide bonds. The van der Waals surface area contributed by atoms with Gasteiger partial charge in [0.05, 0.1) is 5.56 Å². The van der Waals surface area contributed by atoms with Crippen LogP contribution in [0.1, 0.15) is 24.2 Å². The molecule has 0 radical (unpaired) electrons. The minimum Gasteiger partial charge on any atom is -0.327 e. The van der Waals surface area contributed by atoms with Crippen molar-refractivity contribution in [2.75, 3.05) is 0 Å². The molecule has 0 saturated carbocycles. The van der Waals surface area contributed by atoms with Crippen molar-refractivity contribution in [1.29, 1.82) is 0 Å². The number of halogens is 2. The standard InChI is InChI=1S/C11H13F2NO/c1-6(7(2)14)11(15)10-8(12)4-3-5-9(10)13/h3-7H,14H2,1-2H3. The van der Waals surface area contributed by atoms with Gasteiger partial charge in [-0.1, -0.05) is 13.0 Å². The number of carbonyl (C=O) groups is 1. The Hall–Kier alpha value is -1.29. The minimum absolute atomic E-state index is 0.434. The quantitative estimate of drug-likeness (QED) is 0.781.